The van der Waals surface area contributed by atoms with Crippen molar-refractivity contribution in [3.8, 4) is 11.1 Å². The quantitative estimate of drug-likeness (QED) is 0.135. The van der Waals surface area contributed by atoms with E-state index < -0.39 is 0 Å². The number of fused-ring (bicyclic) bond motifs is 6. The summed E-state index contributed by atoms with van der Waals surface area (Å²) in [5, 5.41) is 5.21. The smallest absolute Gasteiger partial charge is 0.0561 e. The first-order valence-electron chi connectivity index (χ1n) is 22.9. The molecule has 10 aromatic rings. The summed E-state index contributed by atoms with van der Waals surface area (Å²) in [6.45, 7) is 2.30. The van der Waals surface area contributed by atoms with Gasteiger partial charge in [0, 0.05) is 80.0 Å². The zero-order valence-electron chi connectivity index (χ0n) is 36.7. The summed E-state index contributed by atoms with van der Waals surface area (Å²) in [5.41, 5.74) is 11.7. The number of benzene rings is 8. The van der Waals surface area contributed by atoms with Crippen molar-refractivity contribution < 1.29 is 0 Å². The second-order valence-electron chi connectivity index (χ2n) is 17.2. The molecule has 0 bridgehead atoms. The van der Waals surface area contributed by atoms with Crippen LogP contribution in [-0.4, -0.2) is 12.1 Å². The van der Waals surface area contributed by atoms with Gasteiger partial charge in [-0.2, -0.15) is 0 Å². The lowest BCUT2D eigenvalue weighted by molar-refractivity contribution is 0.785. The van der Waals surface area contributed by atoms with Crippen LogP contribution in [0, 0.1) is 6.92 Å². The predicted octanol–water partition coefficient (Wildman–Crippen LogP) is 17.9. The second-order valence-corrected chi connectivity index (χ2v) is 19.4. The van der Waals surface area contributed by atoms with Gasteiger partial charge in [0.25, 0.3) is 0 Å². The van der Waals surface area contributed by atoms with E-state index in [0.29, 0.717) is 0 Å². The van der Waals surface area contributed by atoms with Crippen molar-refractivity contribution in [2.45, 2.75) is 31.8 Å². The van der Waals surface area contributed by atoms with Crippen LogP contribution in [0.2, 0.25) is 0 Å². The standard InChI is InChI=1S/C61H47N3S2/c1-42-38-50(63(45-24-11-4-12-25-45)48-35-37-58-54(39-48)52-30-17-18-32-57(52)65-58)40-55-60-53(31-19-33-59(60)66-61(42)55)51-36-34-49(62(43-20-7-2-8-21-43)44-22-9-3-10-23-44)41-56(51)64(46-26-13-5-14-27-46)47-28-15-6-16-29-47/h2-22,24,26-41,44-45H,23,25H2,1H3. The van der Waals surface area contributed by atoms with Crippen LogP contribution in [-0.2, 0) is 0 Å². The molecule has 318 valence electrons. The number of allylic oxidation sites excluding steroid dienone is 4. The zero-order valence-corrected chi connectivity index (χ0v) is 38.3. The van der Waals surface area contributed by atoms with Gasteiger partial charge in [0.2, 0.25) is 0 Å². The monoisotopic (exact) mass is 885 g/mol. The normalized spacial score (nSPS) is 15.6. The summed E-state index contributed by atoms with van der Waals surface area (Å²) in [6.07, 6.45) is 19.9. The summed E-state index contributed by atoms with van der Waals surface area (Å²) in [6, 6.07) is 67.7. The van der Waals surface area contributed by atoms with Crippen molar-refractivity contribution in [2.75, 3.05) is 14.7 Å². The summed E-state index contributed by atoms with van der Waals surface area (Å²) in [7, 11) is 0. The molecule has 5 heteroatoms. The fraction of sp³-hybridized carbons (Fsp3) is 0.0820. The minimum Gasteiger partial charge on any atom is -0.334 e. The Morgan fingerprint density at radius 2 is 0.985 bits per heavy atom. The highest BCUT2D eigenvalue weighted by molar-refractivity contribution is 7.26. The molecule has 8 aromatic carbocycles. The Morgan fingerprint density at radius 3 is 1.67 bits per heavy atom. The molecule has 2 atom stereocenters. The molecule has 66 heavy (non-hydrogen) atoms. The van der Waals surface area contributed by atoms with Gasteiger partial charge in [0.1, 0.15) is 0 Å². The predicted molar refractivity (Wildman–Crippen MR) is 288 cm³/mol. The molecule has 2 unspecified atom stereocenters. The van der Waals surface area contributed by atoms with Gasteiger partial charge in [-0.25, -0.2) is 0 Å². The van der Waals surface area contributed by atoms with E-state index in [4.69, 9.17) is 0 Å². The van der Waals surface area contributed by atoms with E-state index in [1.807, 2.05) is 22.7 Å². The van der Waals surface area contributed by atoms with Gasteiger partial charge >= 0.3 is 0 Å². The van der Waals surface area contributed by atoms with Crippen molar-refractivity contribution >= 4 is 103 Å². The number of thiophene rings is 2. The molecule has 2 aliphatic carbocycles. The number of hydrogen-bond donors (Lipinski definition) is 0. The van der Waals surface area contributed by atoms with Crippen LogP contribution in [0.25, 0.3) is 51.5 Å². The summed E-state index contributed by atoms with van der Waals surface area (Å²) < 4.78 is 5.26. The lowest BCUT2D eigenvalue weighted by Crippen LogP contribution is -2.30. The Kier molecular flexibility index (Phi) is 10.4. The number of para-hydroxylation sites is 3. The highest BCUT2D eigenvalue weighted by Crippen LogP contribution is 2.50. The molecule has 2 heterocycles. The lowest BCUT2D eigenvalue weighted by atomic mass is 9.95. The molecule has 0 spiro atoms. The Balaban J connectivity index is 1.09. The van der Waals surface area contributed by atoms with Gasteiger partial charge in [-0.05, 0) is 122 Å². The molecule has 3 nitrogen and oxygen atoms in total. The van der Waals surface area contributed by atoms with Crippen molar-refractivity contribution in [1.82, 2.24) is 0 Å². The highest BCUT2D eigenvalue weighted by atomic mass is 32.1. The molecule has 0 radical (unpaired) electrons. The van der Waals surface area contributed by atoms with Gasteiger partial charge in [-0.3, -0.25) is 0 Å². The number of nitrogens with zero attached hydrogens (tertiary/aromatic N) is 3. The van der Waals surface area contributed by atoms with Gasteiger partial charge in [-0.1, -0.05) is 140 Å². The number of aryl methyl sites for hydroxylation is 1. The van der Waals surface area contributed by atoms with Gasteiger partial charge in [-0.15, -0.1) is 22.7 Å². The van der Waals surface area contributed by atoms with Crippen LogP contribution in [0.15, 0.2) is 231 Å². The van der Waals surface area contributed by atoms with Crippen LogP contribution in [0.5, 0.6) is 0 Å². The first kappa shape index (κ1) is 40.1. The Labute approximate surface area is 394 Å². The first-order valence-corrected chi connectivity index (χ1v) is 24.5. The van der Waals surface area contributed by atoms with Crippen LogP contribution in [0.1, 0.15) is 18.4 Å². The molecule has 0 fully saturated rings. The van der Waals surface area contributed by atoms with Crippen LogP contribution >= 0.6 is 22.7 Å². The van der Waals surface area contributed by atoms with E-state index in [9.17, 15) is 0 Å². The van der Waals surface area contributed by atoms with Crippen molar-refractivity contribution in [2.24, 2.45) is 0 Å². The Bertz CT molecular complexity index is 3490. The van der Waals surface area contributed by atoms with Crippen LogP contribution in [0.3, 0.4) is 0 Å². The molecular formula is C61H47N3S2. The second kappa shape index (κ2) is 17.2. The average molecular weight is 886 g/mol. The maximum absolute atomic E-state index is 2.57. The fourth-order valence-electron chi connectivity index (χ4n) is 10.1. The van der Waals surface area contributed by atoms with E-state index in [2.05, 4.69) is 252 Å². The SMILES string of the molecule is Cc1cc(N(c2ccc3sc4ccccc4c3c2)C2C=CC=CC2)cc2c1sc1cccc(-c3ccc(N(c4ccccc4)C4C=CC=CC4)cc3N(c3ccccc3)c3ccccc3)c12. The van der Waals surface area contributed by atoms with Gasteiger partial charge < -0.3 is 14.7 Å². The topological polar surface area (TPSA) is 9.72 Å². The minimum absolute atomic E-state index is 0.167. The zero-order chi connectivity index (χ0) is 44.0. The first-order chi connectivity index (χ1) is 32.7. The lowest BCUT2D eigenvalue weighted by Gasteiger charge is -2.35. The van der Waals surface area contributed by atoms with E-state index in [-0.39, 0.29) is 12.1 Å². The van der Waals surface area contributed by atoms with Crippen LogP contribution < -0.4 is 14.7 Å². The molecule has 2 aliphatic rings. The summed E-state index contributed by atoms with van der Waals surface area (Å²) in [4.78, 5) is 7.51. The van der Waals surface area contributed by atoms with Gasteiger partial charge in [0.15, 0.2) is 0 Å². The number of anilines is 7. The number of rotatable bonds is 10. The molecule has 0 N–H and O–H groups in total. The minimum atomic E-state index is 0.167. The maximum atomic E-state index is 2.57. The third kappa shape index (κ3) is 7.22. The third-order valence-corrected chi connectivity index (χ3v) is 15.6. The van der Waals surface area contributed by atoms with E-state index in [1.165, 1.54) is 74.1 Å². The molecule has 0 saturated heterocycles. The maximum Gasteiger partial charge on any atom is 0.0561 e. The molecule has 2 aromatic heterocycles. The fourth-order valence-corrected chi connectivity index (χ4v) is 12.4. The van der Waals surface area contributed by atoms with E-state index >= 15 is 0 Å². The molecule has 0 saturated carbocycles. The molecule has 12 rings (SSSR count). The highest BCUT2D eigenvalue weighted by Gasteiger charge is 2.27. The third-order valence-electron chi connectivity index (χ3n) is 13.1. The molecular weight excluding hydrogens is 839 g/mol. The van der Waals surface area contributed by atoms with Crippen LogP contribution in [0.4, 0.5) is 39.8 Å². The summed E-state index contributed by atoms with van der Waals surface area (Å²) >= 11 is 3.78. The molecule has 0 aliphatic heterocycles. The van der Waals surface area contributed by atoms with Crippen molar-refractivity contribution in [3.63, 3.8) is 0 Å². The summed E-state index contributed by atoms with van der Waals surface area (Å²) in [5.74, 6) is 0. The Morgan fingerprint density at radius 1 is 0.409 bits per heavy atom. The van der Waals surface area contributed by atoms with Crippen molar-refractivity contribution in [1.29, 1.82) is 0 Å². The largest absolute Gasteiger partial charge is 0.334 e. The van der Waals surface area contributed by atoms with Gasteiger partial charge in [0.05, 0.1) is 17.8 Å². The Hall–Kier alpha value is -7.44. The van der Waals surface area contributed by atoms with E-state index in [0.717, 1.165) is 35.6 Å². The average Bonchev–Trinajstić information content (AvgIpc) is 3.95. The van der Waals surface area contributed by atoms with E-state index in [1.54, 1.807) is 0 Å². The molecule has 0 amide bonds. The number of hydrogen-bond acceptors (Lipinski definition) is 5. The van der Waals surface area contributed by atoms with Crippen molar-refractivity contribution in [3.05, 3.63) is 236 Å².